The maximum Gasteiger partial charge on any atom is 0.300 e. The molecule has 0 N–H and O–H groups in total. The van der Waals surface area contributed by atoms with Gasteiger partial charge in [-0.15, -0.1) is 4.44 Å². The first-order valence-electron chi connectivity index (χ1n) is 14.1. The second-order valence-corrected chi connectivity index (χ2v) is 14.4. The highest BCUT2D eigenvalue weighted by Crippen LogP contribution is 2.35. The summed E-state index contributed by atoms with van der Waals surface area (Å²) in [5.74, 6) is 0. The van der Waals surface area contributed by atoms with Crippen molar-refractivity contribution in [3.05, 3.63) is 39.7 Å². The van der Waals surface area contributed by atoms with Crippen LogP contribution in [0, 0.1) is 0 Å². The Labute approximate surface area is 210 Å². The predicted molar refractivity (Wildman–Crippen MR) is 151 cm³/mol. The molecule has 0 bridgehead atoms. The molecule has 0 unspecified atom stereocenters. The first kappa shape index (κ1) is 29.9. The topological polar surface area (TPSA) is 0 Å². The number of hydrogen-bond donors (Lipinski definition) is 0. The zero-order valence-electron chi connectivity index (χ0n) is 22.1. The monoisotopic (exact) mass is 472 g/mol. The Balaban J connectivity index is 2.79. The van der Waals surface area contributed by atoms with Crippen LogP contribution in [-0.2, 0) is 0 Å². The van der Waals surface area contributed by atoms with E-state index in [2.05, 4.69) is 69.8 Å². The van der Waals surface area contributed by atoms with Gasteiger partial charge < -0.3 is 0 Å². The van der Waals surface area contributed by atoms with Crippen LogP contribution in [0.3, 0.4) is 0 Å². The summed E-state index contributed by atoms with van der Waals surface area (Å²) in [5.41, 5.74) is 0. The van der Waals surface area contributed by atoms with Gasteiger partial charge in [-0.1, -0.05) is 158 Å². The molecule has 0 spiro atoms. The lowest BCUT2D eigenvalue weighted by Crippen LogP contribution is -2.16. The van der Waals surface area contributed by atoms with Gasteiger partial charge in [0.25, 0.3) is 14.1 Å². The van der Waals surface area contributed by atoms with Gasteiger partial charge in [-0.05, 0) is 29.9 Å². The van der Waals surface area contributed by atoms with Gasteiger partial charge in [0.1, 0.15) is 0 Å². The second-order valence-electron chi connectivity index (χ2n) is 9.79. The van der Waals surface area contributed by atoms with Crippen LogP contribution in [0.4, 0.5) is 0 Å². The molecule has 0 amide bonds. The molecule has 2 heteroatoms. The first-order chi connectivity index (χ1) is 15.7. The number of thioether (sulfide) groups is 1. The third-order valence-electron chi connectivity index (χ3n) is 6.86. The van der Waals surface area contributed by atoms with Crippen molar-refractivity contribution in [3.8, 4) is 0 Å². The van der Waals surface area contributed by atoms with Crippen LogP contribution in [0.5, 0.6) is 0 Å². The van der Waals surface area contributed by atoms with Gasteiger partial charge in [0.2, 0.25) is 0 Å². The van der Waals surface area contributed by atoms with Crippen molar-refractivity contribution in [1.29, 1.82) is 0 Å². The summed E-state index contributed by atoms with van der Waals surface area (Å²) in [6.07, 6.45) is 22.6. The van der Waals surface area contributed by atoms with Crippen molar-refractivity contribution >= 4 is 25.9 Å². The van der Waals surface area contributed by atoms with Crippen LogP contribution in [0.1, 0.15) is 130 Å². The molecule has 0 heterocycles. The SMILES string of the molecule is CCCCCCC[CH2][Al]([CH2]CCCCCCC)/[C](C)=C(/CCCCC)Sc1ccccc1. The highest BCUT2D eigenvalue weighted by molar-refractivity contribution is 8.03. The lowest BCUT2D eigenvalue weighted by molar-refractivity contribution is 0.617. The van der Waals surface area contributed by atoms with Crippen LogP contribution < -0.4 is 0 Å². The largest absolute Gasteiger partial charge is 0.300 e. The van der Waals surface area contributed by atoms with Crippen molar-refractivity contribution in [1.82, 2.24) is 0 Å². The van der Waals surface area contributed by atoms with E-state index in [4.69, 9.17) is 0 Å². The van der Waals surface area contributed by atoms with E-state index in [1.165, 1.54) is 108 Å². The Morgan fingerprint density at radius 1 is 0.625 bits per heavy atom. The van der Waals surface area contributed by atoms with E-state index in [9.17, 15) is 0 Å². The van der Waals surface area contributed by atoms with E-state index >= 15 is 0 Å². The van der Waals surface area contributed by atoms with E-state index in [1.807, 2.05) is 4.44 Å². The van der Waals surface area contributed by atoms with E-state index < -0.39 is 14.1 Å². The van der Waals surface area contributed by atoms with Crippen molar-refractivity contribution in [3.63, 3.8) is 0 Å². The lowest BCUT2D eigenvalue weighted by Gasteiger charge is -2.19. The van der Waals surface area contributed by atoms with Gasteiger partial charge in [0, 0.05) is 4.90 Å². The number of hydrogen-bond acceptors (Lipinski definition) is 1. The summed E-state index contributed by atoms with van der Waals surface area (Å²) in [4.78, 5) is 3.17. The Morgan fingerprint density at radius 2 is 1.09 bits per heavy atom. The minimum Gasteiger partial charge on any atom is -0.124 e. The normalized spacial score (nSPS) is 12.1. The van der Waals surface area contributed by atoms with Crippen molar-refractivity contribution in [2.24, 2.45) is 0 Å². The van der Waals surface area contributed by atoms with E-state index in [0.717, 1.165) is 0 Å². The molecule has 0 nitrogen and oxygen atoms in total. The molecule has 0 aliphatic carbocycles. The highest BCUT2D eigenvalue weighted by Gasteiger charge is 2.22. The second kappa shape index (κ2) is 21.4. The average Bonchev–Trinajstić information content (AvgIpc) is 2.82. The van der Waals surface area contributed by atoms with Gasteiger partial charge in [-0.25, -0.2) is 0 Å². The third-order valence-corrected chi connectivity index (χ3v) is 12.1. The fraction of sp³-hybridized carbons (Fsp3) is 0.733. The lowest BCUT2D eigenvalue weighted by atomic mass is 10.1. The van der Waals surface area contributed by atoms with Crippen LogP contribution in [0.2, 0.25) is 10.6 Å². The Kier molecular flexibility index (Phi) is 20.0. The fourth-order valence-electron chi connectivity index (χ4n) is 4.64. The maximum absolute atomic E-state index is 2.54. The van der Waals surface area contributed by atoms with Crippen LogP contribution in [0.25, 0.3) is 0 Å². The Hall–Kier alpha value is -0.158. The van der Waals surface area contributed by atoms with Crippen LogP contribution in [-0.4, -0.2) is 14.1 Å². The van der Waals surface area contributed by atoms with Gasteiger partial charge in [0.15, 0.2) is 0 Å². The van der Waals surface area contributed by atoms with Crippen molar-refractivity contribution in [2.75, 3.05) is 0 Å². The minimum absolute atomic E-state index is 0.837. The van der Waals surface area contributed by atoms with Gasteiger partial charge in [0.05, 0.1) is 0 Å². The number of unbranched alkanes of at least 4 members (excludes halogenated alkanes) is 12. The Morgan fingerprint density at radius 3 is 1.62 bits per heavy atom. The summed E-state index contributed by atoms with van der Waals surface area (Å²) >= 11 is 1.25. The summed E-state index contributed by atoms with van der Waals surface area (Å²) in [6, 6.07) is 11.1. The van der Waals surface area contributed by atoms with Gasteiger partial charge in [-0.2, -0.15) is 0 Å². The zero-order chi connectivity index (χ0) is 23.3. The van der Waals surface area contributed by atoms with Gasteiger partial charge >= 0.3 is 0 Å². The fourth-order valence-corrected chi connectivity index (χ4v) is 9.62. The van der Waals surface area contributed by atoms with E-state index in [0.29, 0.717) is 0 Å². The highest BCUT2D eigenvalue weighted by atomic mass is 32.2. The molecule has 0 aliphatic rings. The molecule has 182 valence electrons. The molecule has 0 fully saturated rings. The standard InChI is InChI=1S/C14H19S.2C8H17.Al/c1-3-5-7-10-13(4-2)15-14-11-8-6-9-12-14;2*1-3-5-7-8-6-4-2;/h6,8-9,11-12H,3,5,7,10H2,1-2H3;2*1,3-8H2,2H3;. The quantitative estimate of drug-likeness (QED) is 0.0973. The van der Waals surface area contributed by atoms with Crippen LogP contribution in [0.15, 0.2) is 44.6 Å². The molecule has 1 aromatic rings. The molecule has 0 aliphatic heterocycles. The van der Waals surface area contributed by atoms with E-state index in [1.54, 1.807) is 15.5 Å². The maximum atomic E-state index is 2.54. The smallest absolute Gasteiger partial charge is 0.124 e. The molecule has 0 saturated heterocycles. The third kappa shape index (κ3) is 14.9. The Bertz CT molecular complexity index is 549. The average molecular weight is 473 g/mol. The molecular formula is C30H53AlS. The first-order valence-corrected chi connectivity index (χ1v) is 17.2. The minimum atomic E-state index is -0.837. The number of allylic oxidation sites excluding steroid dienone is 2. The molecule has 0 radical (unpaired) electrons. The van der Waals surface area contributed by atoms with Gasteiger partial charge in [-0.3, -0.25) is 0 Å². The number of benzene rings is 1. The molecule has 0 saturated carbocycles. The molecule has 1 rings (SSSR count). The summed E-state index contributed by atoms with van der Waals surface area (Å²) in [7, 11) is 0. The van der Waals surface area contributed by atoms with E-state index in [-0.39, 0.29) is 0 Å². The molecule has 1 aromatic carbocycles. The molecule has 0 atom stereocenters. The summed E-state index contributed by atoms with van der Waals surface area (Å²) < 4.78 is 1.86. The summed E-state index contributed by atoms with van der Waals surface area (Å²) in [6.45, 7) is 9.52. The number of rotatable bonds is 21. The molecule has 0 aromatic heterocycles. The zero-order valence-corrected chi connectivity index (χ0v) is 24.1. The molecule has 32 heavy (non-hydrogen) atoms. The molecular weight excluding hydrogens is 419 g/mol. The predicted octanol–water partition coefficient (Wildman–Crippen LogP) is 11.4. The van der Waals surface area contributed by atoms with Crippen LogP contribution >= 0.6 is 11.8 Å². The van der Waals surface area contributed by atoms with Crippen molar-refractivity contribution < 1.29 is 0 Å². The summed E-state index contributed by atoms with van der Waals surface area (Å²) in [5, 5.41) is 3.08. The van der Waals surface area contributed by atoms with Crippen molar-refractivity contribution in [2.45, 2.75) is 146 Å².